The van der Waals surface area contributed by atoms with Gasteiger partial charge in [-0.2, -0.15) is 0 Å². The molecule has 12 heavy (non-hydrogen) atoms. The Kier molecular flexibility index (Phi) is 3.13. The molecule has 0 spiro atoms. The summed E-state index contributed by atoms with van der Waals surface area (Å²) in [5.74, 6) is 0. The van der Waals surface area contributed by atoms with E-state index in [-0.39, 0.29) is 0 Å². The average molecular weight is 170 g/mol. The molecule has 1 N–H and O–H groups in total. The number of likely N-dealkylation sites (N-methyl/N-ethyl adjacent to an activating group) is 1. The first-order valence-corrected chi connectivity index (χ1v) is 5.06. The predicted molar refractivity (Wildman–Crippen MR) is 53.4 cm³/mol. The van der Waals surface area contributed by atoms with Gasteiger partial charge in [-0.25, -0.2) is 0 Å². The zero-order valence-electron chi connectivity index (χ0n) is 8.85. The largest absolute Gasteiger partial charge is 0.310 e. The first kappa shape index (κ1) is 10.0. The molecule has 1 atom stereocenters. The Morgan fingerprint density at radius 3 is 2.58 bits per heavy atom. The first-order chi connectivity index (χ1) is 5.57. The van der Waals surface area contributed by atoms with E-state index in [2.05, 4.69) is 37.9 Å². The van der Waals surface area contributed by atoms with E-state index in [0.717, 1.165) is 6.54 Å². The van der Waals surface area contributed by atoms with E-state index in [1.165, 1.54) is 19.5 Å². The molecule has 1 rings (SSSR count). The maximum absolute atomic E-state index is 3.56. The fourth-order valence-corrected chi connectivity index (χ4v) is 2.01. The SMILES string of the molecule is CCNC1(C)CCN(C(C)C)C1. The van der Waals surface area contributed by atoms with Crippen LogP contribution in [0.3, 0.4) is 0 Å². The van der Waals surface area contributed by atoms with E-state index < -0.39 is 0 Å². The summed E-state index contributed by atoms with van der Waals surface area (Å²) in [7, 11) is 0. The standard InChI is InChI=1S/C10H22N2/c1-5-11-10(4)6-7-12(8-10)9(2)3/h9,11H,5-8H2,1-4H3. The number of hydrogen-bond acceptors (Lipinski definition) is 2. The van der Waals surface area contributed by atoms with E-state index in [4.69, 9.17) is 0 Å². The van der Waals surface area contributed by atoms with Crippen LogP contribution >= 0.6 is 0 Å². The molecule has 0 amide bonds. The Balaban J connectivity index is 2.43. The Hall–Kier alpha value is -0.0800. The Labute approximate surface area is 76.3 Å². The minimum absolute atomic E-state index is 0.374. The van der Waals surface area contributed by atoms with Crippen LogP contribution in [0.5, 0.6) is 0 Å². The molecule has 1 aliphatic rings. The highest BCUT2D eigenvalue weighted by molar-refractivity contribution is 4.93. The summed E-state index contributed by atoms with van der Waals surface area (Å²) in [5.41, 5.74) is 0.374. The van der Waals surface area contributed by atoms with Gasteiger partial charge in [0.25, 0.3) is 0 Å². The second-order valence-corrected chi connectivity index (χ2v) is 4.41. The van der Waals surface area contributed by atoms with Gasteiger partial charge in [0, 0.05) is 24.7 Å². The normalized spacial score (nSPS) is 31.8. The van der Waals surface area contributed by atoms with Gasteiger partial charge < -0.3 is 5.32 Å². The van der Waals surface area contributed by atoms with Crippen LogP contribution in [0, 0.1) is 0 Å². The summed E-state index contributed by atoms with van der Waals surface area (Å²) in [6.07, 6.45) is 1.29. The minimum Gasteiger partial charge on any atom is -0.310 e. The van der Waals surface area contributed by atoms with Crippen molar-refractivity contribution >= 4 is 0 Å². The quantitative estimate of drug-likeness (QED) is 0.690. The van der Waals surface area contributed by atoms with Gasteiger partial charge in [0.2, 0.25) is 0 Å². The van der Waals surface area contributed by atoms with Crippen molar-refractivity contribution in [1.29, 1.82) is 0 Å². The summed E-state index contributed by atoms with van der Waals surface area (Å²) in [5, 5.41) is 3.56. The van der Waals surface area contributed by atoms with Crippen molar-refractivity contribution in [2.24, 2.45) is 0 Å². The lowest BCUT2D eigenvalue weighted by molar-refractivity contribution is 0.248. The fraction of sp³-hybridized carbons (Fsp3) is 1.00. The van der Waals surface area contributed by atoms with Gasteiger partial charge >= 0.3 is 0 Å². The summed E-state index contributed by atoms with van der Waals surface area (Å²) in [6, 6.07) is 0.700. The summed E-state index contributed by atoms with van der Waals surface area (Å²) in [6.45, 7) is 12.6. The molecule has 2 nitrogen and oxygen atoms in total. The van der Waals surface area contributed by atoms with Crippen molar-refractivity contribution in [3.8, 4) is 0 Å². The van der Waals surface area contributed by atoms with Crippen molar-refractivity contribution < 1.29 is 0 Å². The summed E-state index contributed by atoms with van der Waals surface area (Å²) in [4.78, 5) is 2.54. The minimum atomic E-state index is 0.374. The highest BCUT2D eigenvalue weighted by Gasteiger charge is 2.33. The van der Waals surface area contributed by atoms with Crippen LogP contribution in [0.4, 0.5) is 0 Å². The van der Waals surface area contributed by atoms with Crippen molar-refractivity contribution in [1.82, 2.24) is 10.2 Å². The molecule has 0 aromatic rings. The van der Waals surface area contributed by atoms with Gasteiger partial charge in [-0.15, -0.1) is 0 Å². The second-order valence-electron chi connectivity index (χ2n) is 4.41. The van der Waals surface area contributed by atoms with Crippen LogP contribution in [0.15, 0.2) is 0 Å². The van der Waals surface area contributed by atoms with E-state index in [0.29, 0.717) is 11.6 Å². The third-order valence-electron chi connectivity index (χ3n) is 2.84. The van der Waals surface area contributed by atoms with Gasteiger partial charge in [-0.3, -0.25) is 4.90 Å². The van der Waals surface area contributed by atoms with Gasteiger partial charge in [-0.05, 0) is 33.7 Å². The summed E-state index contributed by atoms with van der Waals surface area (Å²) >= 11 is 0. The maximum Gasteiger partial charge on any atom is 0.0292 e. The molecule has 0 aromatic heterocycles. The lowest BCUT2D eigenvalue weighted by Gasteiger charge is -2.27. The third-order valence-corrected chi connectivity index (χ3v) is 2.84. The van der Waals surface area contributed by atoms with Crippen LogP contribution in [-0.4, -0.2) is 36.1 Å². The summed E-state index contributed by atoms with van der Waals surface area (Å²) < 4.78 is 0. The van der Waals surface area contributed by atoms with E-state index in [1.54, 1.807) is 0 Å². The molecule has 0 radical (unpaired) electrons. The predicted octanol–water partition coefficient (Wildman–Crippen LogP) is 1.47. The molecule has 0 aliphatic carbocycles. The molecular formula is C10H22N2. The monoisotopic (exact) mass is 170 g/mol. The Morgan fingerprint density at radius 1 is 1.50 bits per heavy atom. The molecule has 2 heteroatoms. The molecular weight excluding hydrogens is 148 g/mol. The zero-order chi connectivity index (χ0) is 9.19. The number of rotatable bonds is 3. The van der Waals surface area contributed by atoms with Crippen LogP contribution < -0.4 is 5.32 Å². The smallest absolute Gasteiger partial charge is 0.0292 e. The molecule has 0 aromatic carbocycles. The van der Waals surface area contributed by atoms with Crippen molar-refractivity contribution in [2.75, 3.05) is 19.6 Å². The van der Waals surface area contributed by atoms with Gasteiger partial charge in [0.05, 0.1) is 0 Å². The molecule has 1 heterocycles. The fourth-order valence-electron chi connectivity index (χ4n) is 2.01. The van der Waals surface area contributed by atoms with Crippen LogP contribution in [0.1, 0.15) is 34.1 Å². The Morgan fingerprint density at radius 2 is 2.17 bits per heavy atom. The maximum atomic E-state index is 3.56. The molecule has 0 saturated carbocycles. The number of hydrogen-bond donors (Lipinski definition) is 1. The molecule has 1 unspecified atom stereocenters. The number of nitrogens with one attached hydrogen (secondary N) is 1. The average Bonchev–Trinajstić information content (AvgIpc) is 2.33. The third kappa shape index (κ3) is 2.20. The van der Waals surface area contributed by atoms with E-state index in [9.17, 15) is 0 Å². The van der Waals surface area contributed by atoms with Crippen LogP contribution in [-0.2, 0) is 0 Å². The lowest BCUT2D eigenvalue weighted by Crippen LogP contribution is -2.45. The zero-order valence-corrected chi connectivity index (χ0v) is 8.85. The molecule has 72 valence electrons. The van der Waals surface area contributed by atoms with Crippen LogP contribution in [0.2, 0.25) is 0 Å². The molecule has 1 fully saturated rings. The number of likely N-dealkylation sites (tertiary alicyclic amines) is 1. The molecule has 0 bridgehead atoms. The molecule has 1 aliphatic heterocycles. The first-order valence-electron chi connectivity index (χ1n) is 5.06. The Bertz CT molecular complexity index is 145. The highest BCUT2D eigenvalue weighted by Crippen LogP contribution is 2.21. The van der Waals surface area contributed by atoms with Crippen LogP contribution in [0.25, 0.3) is 0 Å². The molecule has 1 saturated heterocycles. The number of nitrogens with zero attached hydrogens (tertiary/aromatic N) is 1. The van der Waals surface area contributed by atoms with Gasteiger partial charge in [-0.1, -0.05) is 6.92 Å². The highest BCUT2D eigenvalue weighted by atomic mass is 15.2. The lowest BCUT2D eigenvalue weighted by atomic mass is 10.0. The van der Waals surface area contributed by atoms with Gasteiger partial charge in [0.15, 0.2) is 0 Å². The van der Waals surface area contributed by atoms with E-state index in [1.807, 2.05) is 0 Å². The van der Waals surface area contributed by atoms with Crippen molar-refractivity contribution in [3.63, 3.8) is 0 Å². The van der Waals surface area contributed by atoms with Gasteiger partial charge in [0.1, 0.15) is 0 Å². The second kappa shape index (κ2) is 3.75. The van der Waals surface area contributed by atoms with E-state index >= 15 is 0 Å². The topological polar surface area (TPSA) is 15.3 Å². The van der Waals surface area contributed by atoms with Crippen molar-refractivity contribution in [2.45, 2.75) is 45.7 Å². The van der Waals surface area contributed by atoms with Crippen molar-refractivity contribution in [3.05, 3.63) is 0 Å².